The van der Waals surface area contributed by atoms with Crippen molar-refractivity contribution in [3.8, 4) is 0 Å². The number of pyridine rings is 1. The number of aromatic nitrogens is 1. The van der Waals surface area contributed by atoms with E-state index in [1.807, 2.05) is 26.4 Å². The van der Waals surface area contributed by atoms with E-state index in [0.29, 0.717) is 0 Å². The molecule has 0 aromatic carbocycles. The minimum absolute atomic E-state index is 0.758. The Hall–Kier alpha value is -1.29. The first-order chi connectivity index (χ1) is 7.81. The maximum absolute atomic E-state index is 5.37. The van der Waals surface area contributed by atoms with Crippen molar-refractivity contribution in [2.45, 2.75) is 13.8 Å². The van der Waals surface area contributed by atoms with Crippen LogP contribution >= 0.6 is 0 Å². The fraction of sp³-hybridized carbons (Fsp3) is 0.583. The third kappa shape index (κ3) is 3.70. The zero-order valence-corrected chi connectivity index (χ0v) is 10.4. The number of likely N-dealkylation sites (N-methyl/N-ethyl adjacent to an activating group) is 1. The maximum atomic E-state index is 5.37. The van der Waals surface area contributed by atoms with Gasteiger partial charge in [0.2, 0.25) is 0 Å². The second-order valence-corrected chi connectivity index (χ2v) is 3.46. The topological polar surface area (TPSA) is 37.4 Å². The molecular weight excluding hydrogens is 202 g/mol. The van der Waals surface area contributed by atoms with Gasteiger partial charge < -0.3 is 15.0 Å². The summed E-state index contributed by atoms with van der Waals surface area (Å²) in [5.41, 5.74) is 2.17. The van der Waals surface area contributed by atoms with E-state index < -0.39 is 0 Å². The predicted molar refractivity (Wildman–Crippen MR) is 68.2 cm³/mol. The summed E-state index contributed by atoms with van der Waals surface area (Å²) >= 11 is 0. The Morgan fingerprint density at radius 2 is 2.19 bits per heavy atom. The van der Waals surface area contributed by atoms with Crippen LogP contribution < -0.4 is 10.2 Å². The van der Waals surface area contributed by atoms with Crippen molar-refractivity contribution in [3.05, 3.63) is 18.5 Å². The predicted octanol–water partition coefficient (Wildman–Crippen LogP) is 1.99. The van der Waals surface area contributed by atoms with Crippen LogP contribution in [0.4, 0.5) is 11.4 Å². The molecule has 1 N–H and O–H groups in total. The van der Waals surface area contributed by atoms with Gasteiger partial charge in [-0.05, 0) is 19.9 Å². The van der Waals surface area contributed by atoms with E-state index in [4.69, 9.17) is 4.74 Å². The van der Waals surface area contributed by atoms with Gasteiger partial charge in [-0.25, -0.2) is 0 Å². The number of nitrogens with one attached hydrogen (secondary N) is 1. The van der Waals surface area contributed by atoms with Crippen molar-refractivity contribution in [2.75, 3.05) is 43.6 Å². The molecule has 0 aliphatic heterocycles. The third-order valence-electron chi connectivity index (χ3n) is 2.47. The summed E-state index contributed by atoms with van der Waals surface area (Å²) in [5.74, 6) is 0. The third-order valence-corrected chi connectivity index (χ3v) is 2.47. The number of ether oxygens (including phenoxy) is 1. The molecule has 1 rings (SSSR count). The Morgan fingerprint density at radius 3 is 2.81 bits per heavy atom. The van der Waals surface area contributed by atoms with Crippen molar-refractivity contribution < 1.29 is 4.74 Å². The van der Waals surface area contributed by atoms with Gasteiger partial charge in [0.25, 0.3) is 0 Å². The standard InChI is InChI=1S/C12H21N3O/c1-4-15(6-7-16-5-2)12-8-11(13-3)9-14-10-12/h8-10,13H,4-7H2,1-3H3. The van der Waals surface area contributed by atoms with Gasteiger partial charge in [-0.15, -0.1) is 0 Å². The van der Waals surface area contributed by atoms with E-state index in [2.05, 4.69) is 28.2 Å². The number of hydrogen-bond donors (Lipinski definition) is 1. The van der Waals surface area contributed by atoms with Crippen LogP contribution in [0.3, 0.4) is 0 Å². The molecule has 0 spiro atoms. The lowest BCUT2D eigenvalue weighted by atomic mass is 10.3. The van der Waals surface area contributed by atoms with E-state index in [-0.39, 0.29) is 0 Å². The van der Waals surface area contributed by atoms with Crippen molar-refractivity contribution >= 4 is 11.4 Å². The van der Waals surface area contributed by atoms with Gasteiger partial charge in [-0.1, -0.05) is 0 Å². The van der Waals surface area contributed by atoms with Crippen LogP contribution in [-0.4, -0.2) is 38.3 Å². The molecule has 1 aromatic heterocycles. The monoisotopic (exact) mass is 223 g/mol. The highest BCUT2D eigenvalue weighted by Crippen LogP contribution is 2.16. The molecule has 0 amide bonds. The first kappa shape index (κ1) is 12.8. The van der Waals surface area contributed by atoms with Crippen LogP contribution in [0.15, 0.2) is 18.5 Å². The van der Waals surface area contributed by atoms with E-state index >= 15 is 0 Å². The largest absolute Gasteiger partial charge is 0.387 e. The SMILES string of the molecule is CCOCCN(CC)c1cncc(NC)c1. The smallest absolute Gasteiger partial charge is 0.0641 e. The van der Waals surface area contributed by atoms with Gasteiger partial charge in [-0.2, -0.15) is 0 Å². The Bertz CT molecular complexity index is 304. The van der Waals surface area contributed by atoms with Crippen molar-refractivity contribution in [1.82, 2.24) is 4.98 Å². The van der Waals surface area contributed by atoms with Crippen LogP contribution in [0.2, 0.25) is 0 Å². The van der Waals surface area contributed by atoms with Crippen LogP contribution in [0.1, 0.15) is 13.8 Å². The second-order valence-electron chi connectivity index (χ2n) is 3.46. The van der Waals surface area contributed by atoms with E-state index in [0.717, 1.165) is 37.7 Å². The summed E-state index contributed by atoms with van der Waals surface area (Å²) in [5, 5.41) is 3.09. The maximum Gasteiger partial charge on any atom is 0.0641 e. The molecule has 0 saturated heterocycles. The lowest BCUT2D eigenvalue weighted by Crippen LogP contribution is -2.27. The molecule has 4 heteroatoms. The van der Waals surface area contributed by atoms with Gasteiger partial charge in [-0.3, -0.25) is 4.98 Å². The molecule has 1 aromatic rings. The number of anilines is 2. The molecular formula is C12H21N3O. The van der Waals surface area contributed by atoms with Crippen LogP contribution in [0.25, 0.3) is 0 Å². The summed E-state index contributed by atoms with van der Waals surface area (Å²) in [6, 6.07) is 2.10. The summed E-state index contributed by atoms with van der Waals surface area (Å²) in [6.07, 6.45) is 3.70. The minimum atomic E-state index is 0.758. The summed E-state index contributed by atoms with van der Waals surface area (Å²) in [7, 11) is 1.90. The average molecular weight is 223 g/mol. The molecule has 16 heavy (non-hydrogen) atoms. The zero-order valence-electron chi connectivity index (χ0n) is 10.4. The lowest BCUT2D eigenvalue weighted by molar-refractivity contribution is 0.154. The van der Waals surface area contributed by atoms with Crippen LogP contribution in [0, 0.1) is 0 Å². The molecule has 0 saturated carbocycles. The molecule has 0 atom stereocenters. The highest BCUT2D eigenvalue weighted by Gasteiger charge is 2.04. The second kappa shape index (κ2) is 7.06. The van der Waals surface area contributed by atoms with E-state index in [9.17, 15) is 0 Å². The number of hydrogen-bond acceptors (Lipinski definition) is 4. The molecule has 1 heterocycles. The van der Waals surface area contributed by atoms with Gasteiger partial charge in [0.05, 0.1) is 30.4 Å². The highest BCUT2D eigenvalue weighted by molar-refractivity contribution is 5.55. The fourth-order valence-corrected chi connectivity index (χ4v) is 1.53. The molecule has 0 fully saturated rings. The summed E-state index contributed by atoms with van der Waals surface area (Å²) in [6.45, 7) is 7.54. The highest BCUT2D eigenvalue weighted by atomic mass is 16.5. The van der Waals surface area contributed by atoms with Gasteiger partial charge in [0, 0.05) is 26.7 Å². The number of rotatable bonds is 7. The molecule has 0 bridgehead atoms. The van der Waals surface area contributed by atoms with Crippen LogP contribution in [0.5, 0.6) is 0 Å². The molecule has 0 aliphatic rings. The summed E-state index contributed by atoms with van der Waals surface area (Å²) in [4.78, 5) is 6.46. The van der Waals surface area contributed by atoms with Gasteiger partial charge in [0.15, 0.2) is 0 Å². The van der Waals surface area contributed by atoms with Gasteiger partial charge >= 0.3 is 0 Å². The number of nitrogens with zero attached hydrogens (tertiary/aromatic N) is 2. The zero-order chi connectivity index (χ0) is 11.8. The van der Waals surface area contributed by atoms with Crippen molar-refractivity contribution in [1.29, 1.82) is 0 Å². The van der Waals surface area contributed by atoms with E-state index in [1.54, 1.807) is 0 Å². The first-order valence-corrected chi connectivity index (χ1v) is 5.77. The van der Waals surface area contributed by atoms with Gasteiger partial charge in [0.1, 0.15) is 0 Å². The average Bonchev–Trinajstić information content (AvgIpc) is 2.35. The Morgan fingerprint density at radius 1 is 1.38 bits per heavy atom. The molecule has 4 nitrogen and oxygen atoms in total. The molecule has 0 radical (unpaired) electrons. The van der Waals surface area contributed by atoms with Crippen LogP contribution in [-0.2, 0) is 4.74 Å². The lowest BCUT2D eigenvalue weighted by Gasteiger charge is -2.22. The Balaban J connectivity index is 2.62. The Labute approximate surface area is 97.6 Å². The summed E-state index contributed by atoms with van der Waals surface area (Å²) < 4.78 is 5.37. The Kier molecular flexibility index (Phi) is 5.64. The van der Waals surface area contributed by atoms with E-state index in [1.165, 1.54) is 0 Å². The molecule has 0 unspecified atom stereocenters. The molecule has 90 valence electrons. The van der Waals surface area contributed by atoms with Crippen molar-refractivity contribution in [2.24, 2.45) is 0 Å². The quantitative estimate of drug-likeness (QED) is 0.717. The normalized spacial score (nSPS) is 10.2. The fourth-order valence-electron chi connectivity index (χ4n) is 1.53. The molecule has 0 aliphatic carbocycles. The minimum Gasteiger partial charge on any atom is -0.387 e. The first-order valence-electron chi connectivity index (χ1n) is 5.77. The van der Waals surface area contributed by atoms with Crippen molar-refractivity contribution in [3.63, 3.8) is 0 Å².